The molecule has 0 aliphatic carbocycles. The van der Waals surface area contributed by atoms with Gasteiger partial charge in [-0.05, 0) is 47.5 Å². The molecule has 2 aliphatic heterocycles. The number of hydroxylamine groups is 1. The molecule has 0 saturated carbocycles. The SMILES string of the molecule is [CH]N1C(=O)C2=C(c3ccc(S(=O)(=O)NCCO)cc3)N([CH])C(=O)C2=C1c1ccc(ONCCO)cc1. The number of rotatable bonds is 10. The molecule has 0 aromatic heterocycles. The van der Waals surface area contributed by atoms with Gasteiger partial charge in [-0.15, -0.1) is 0 Å². The molecule has 12 heteroatoms. The van der Waals surface area contributed by atoms with E-state index in [0.717, 1.165) is 9.80 Å². The average Bonchev–Trinajstić information content (AvgIpc) is 3.28. The number of sulfonamides is 1. The van der Waals surface area contributed by atoms with Gasteiger partial charge in [0.2, 0.25) is 10.0 Å². The first-order valence-electron chi connectivity index (χ1n) is 10.7. The van der Waals surface area contributed by atoms with Gasteiger partial charge in [-0.3, -0.25) is 19.4 Å². The van der Waals surface area contributed by atoms with Crippen molar-refractivity contribution in [1.82, 2.24) is 20.0 Å². The third kappa shape index (κ3) is 4.52. The summed E-state index contributed by atoms with van der Waals surface area (Å²) in [6.07, 6.45) is 0. The van der Waals surface area contributed by atoms with Crippen molar-refractivity contribution >= 4 is 33.2 Å². The summed E-state index contributed by atoms with van der Waals surface area (Å²) < 4.78 is 26.8. The molecule has 2 aromatic carbocycles. The summed E-state index contributed by atoms with van der Waals surface area (Å²) in [5.74, 6) is -0.867. The van der Waals surface area contributed by atoms with Crippen LogP contribution in [0.25, 0.3) is 11.4 Å². The van der Waals surface area contributed by atoms with Crippen LogP contribution in [0, 0.1) is 14.1 Å². The summed E-state index contributed by atoms with van der Waals surface area (Å²) in [5.41, 5.74) is 3.63. The van der Waals surface area contributed by atoms with Crippen molar-refractivity contribution < 1.29 is 33.1 Å². The molecule has 186 valence electrons. The van der Waals surface area contributed by atoms with E-state index in [1.54, 1.807) is 24.3 Å². The molecule has 4 rings (SSSR count). The van der Waals surface area contributed by atoms with E-state index < -0.39 is 21.8 Å². The molecule has 11 nitrogen and oxygen atoms in total. The fourth-order valence-electron chi connectivity index (χ4n) is 3.82. The molecule has 0 saturated heterocycles. The largest absolute Gasteiger partial charge is 0.409 e. The predicted molar refractivity (Wildman–Crippen MR) is 127 cm³/mol. The Hall–Kier alpha value is -3.55. The Balaban J connectivity index is 1.72. The Morgan fingerprint density at radius 3 is 1.72 bits per heavy atom. The first-order chi connectivity index (χ1) is 17.2. The summed E-state index contributed by atoms with van der Waals surface area (Å²) in [5, 5.41) is 17.7. The van der Waals surface area contributed by atoms with Crippen LogP contribution in [0.15, 0.2) is 64.6 Å². The standard InChI is InChI=1S/C24H22N4O7S/c1-27-21(15-3-7-17(8-4-15)35-25-11-13-29)19-20(24(27)32)22(28(2)23(19)31)16-5-9-18(10-6-16)36(33,34)26-12-14-30/h1-10,25-26,29-30H,11-14H2. The van der Waals surface area contributed by atoms with Crippen LogP contribution in [-0.2, 0) is 19.6 Å². The zero-order valence-electron chi connectivity index (χ0n) is 18.8. The van der Waals surface area contributed by atoms with Gasteiger partial charge < -0.3 is 15.1 Å². The van der Waals surface area contributed by atoms with Crippen LogP contribution in [0.5, 0.6) is 5.75 Å². The average molecular weight is 511 g/mol. The predicted octanol–water partition coefficient (Wildman–Crippen LogP) is -0.0231. The minimum atomic E-state index is -3.85. The zero-order chi connectivity index (χ0) is 26.0. The number of amides is 2. The maximum atomic E-state index is 13.1. The topological polar surface area (TPSA) is 149 Å². The van der Waals surface area contributed by atoms with Gasteiger partial charge in [-0.2, -0.15) is 5.48 Å². The second-order valence-corrected chi connectivity index (χ2v) is 9.45. The number of fused-ring (bicyclic) bond motifs is 1. The van der Waals surface area contributed by atoms with E-state index in [1.165, 1.54) is 24.3 Å². The molecule has 0 unspecified atom stereocenters. The lowest BCUT2D eigenvalue weighted by Gasteiger charge is -2.19. The lowest BCUT2D eigenvalue weighted by atomic mass is 10.0. The van der Waals surface area contributed by atoms with Gasteiger partial charge in [-0.25, -0.2) is 13.1 Å². The molecule has 0 fully saturated rings. The number of aliphatic hydroxyl groups excluding tert-OH is 2. The van der Waals surface area contributed by atoms with E-state index in [0.29, 0.717) is 16.9 Å². The van der Waals surface area contributed by atoms with Crippen LogP contribution < -0.4 is 15.0 Å². The maximum Gasteiger partial charge on any atom is 0.261 e. The van der Waals surface area contributed by atoms with Crippen molar-refractivity contribution in [1.29, 1.82) is 0 Å². The van der Waals surface area contributed by atoms with Crippen LogP contribution in [0.1, 0.15) is 11.1 Å². The molecule has 0 atom stereocenters. The van der Waals surface area contributed by atoms with Crippen molar-refractivity contribution in [2.75, 3.05) is 26.3 Å². The smallest absolute Gasteiger partial charge is 0.261 e. The lowest BCUT2D eigenvalue weighted by Crippen LogP contribution is -2.26. The molecule has 4 N–H and O–H groups in total. The molecule has 36 heavy (non-hydrogen) atoms. The second kappa shape index (κ2) is 10.2. The molecule has 2 aromatic rings. The lowest BCUT2D eigenvalue weighted by molar-refractivity contribution is -0.122. The third-order valence-electron chi connectivity index (χ3n) is 5.44. The molecule has 2 aliphatic rings. The highest BCUT2D eigenvalue weighted by atomic mass is 32.2. The number of carbonyl (C=O) groups excluding carboxylic acids is 2. The highest BCUT2D eigenvalue weighted by Crippen LogP contribution is 2.46. The quantitative estimate of drug-likeness (QED) is 0.257. The number of benzene rings is 2. The number of aliphatic hydroxyl groups is 2. The summed E-state index contributed by atoms with van der Waals surface area (Å²) in [6.45, 7) is -0.378. The number of nitrogens with zero attached hydrogens (tertiary/aromatic N) is 2. The first kappa shape index (κ1) is 25.5. The summed E-state index contributed by atoms with van der Waals surface area (Å²) in [7, 11) is 8.26. The molecule has 0 bridgehead atoms. The Labute approximate surface area is 208 Å². The monoisotopic (exact) mass is 510 g/mol. The van der Waals surface area contributed by atoms with E-state index in [2.05, 4.69) is 10.2 Å². The van der Waals surface area contributed by atoms with E-state index in [1.807, 2.05) is 0 Å². The van der Waals surface area contributed by atoms with Crippen LogP contribution in [0.2, 0.25) is 0 Å². The number of nitrogens with one attached hydrogen (secondary N) is 2. The Morgan fingerprint density at radius 1 is 0.778 bits per heavy atom. The van der Waals surface area contributed by atoms with Crippen molar-refractivity contribution in [3.63, 3.8) is 0 Å². The second-order valence-electron chi connectivity index (χ2n) is 7.69. The van der Waals surface area contributed by atoms with Gasteiger partial charge in [0.15, 0.2) is 0 Å². The van der Waals surface area contributed by atoms with Gasteiger partial charge in [0.05, 0.1) is 61.3 Å². The molecule has 2 amide bonds. The van der Waals surface area contributed by atoms with Crippen molar-refractivity contribution in [3.8, 4) is 5.75 Å². The number of hydrogen-bond acceptors (Lipinski definition) is 8. The fourth-order valence-corrected chi connectivity index (χ4v) is 4.84. The van der Waals surface area contributed by atoms with Crippen LogP contribution in [0.4, 0.5) is 0 Å². The van der Waals surface area contributed by atoms with Crippen molar-refractivity contribution in [2.24, 2.45) is 0 Å². The molecular weight excluding hydrogens is 488 g/mol. The Bertz CT molecular complexity index is 1350. The normalized spacial score (nSPS) is 15.9. The van der Waals surface area contributed by atoms with Gasteiger partial charge in [0, 0.05) is 6.54 Å². The van der Waals surface area contributed by atoms with E-state index >= 15 is 0 Å². The molecular formula is C24H22N4O7S. The highest BCUT2D eigenvalue weighted by Gasteiger charge is 2.47. The summed E-state index contributed by atoms with van der Waals surface area (Å²) in [4.78, 5) is 33.1. The molecule has 0 spiro atoms. The van der Waals surface area contributed by atoms with Gasteiger partial charge in [-0.1, -0.05) is 12.1 Å². The van der Waals surface area contributed by atoms with Crippen LogP contribution in [0.3, 0.4) is 0 Å². The summed E-state index contributed by atoms with van der Waals surface area (Å²) >= 11 is 0. The van der Waals surface area contributed by atoms with E-state index in [-0.39, 0.29) is 53.7 Å². The molecule has 2 heterocycles. The Morgan fingerprint density at radius 2 is 1.25 bits per heavy atom. The maximum absolute atomic E-state index is 13.1. The van der Waals surface area contributed by atoms with Gasteiger partial charge in [0.1, 0.15) is 5.75 Å². The Kier molecular flexibility index (Phi) is 7.24. The van der Waals surface area contributed by atoms with Gasteiger partial charge >= 0.3 is 0 Å². The number of hydrogen-bond donors (Lipinski definition) is 4. The zero-order valence-corrected chi connectivity index (χ0v) is 19.7. The first-order valence-corrected chi connectivity index (χ1v) is 12.2. The molecule has 4 radical (unpaired) electrons. The summed E-state index contributed by atoms with van der Waals surface area (Å²) in [6, 6.07) is 11.8. The van der Waals surface area contributed by atoms with Crippen molar-refractivity contribution in [3.05, 3.63) is 84.9 Å². The van der Waals surface area contributed by atoms with E-state index in [9.17, 15) is 18.0 Å². The van der Waals surface area contributed by atoms with Crippen molar-refractivity contribution in [2.45, 2.75) is 4.90 Å². The highest BCUT2D eigenvalue weighted by molar-refractivity contribution is 7.89. The van der Waals surface area contributed by atoms with Gasteiger partial charge in [0.25, 0.3) is 11.8 Å². The minimum absolute atomic E-state index is 0.000971. The third-order valence-corrected chi connectivity index (χ3v) is 6.92. The minimum Gasteiger partial charge on any atom is -0.409 e. The van der Waals surface area contributed by atoms with Crippen LogP contribution in [-0.4, -0.2) is 66.5 Å². The van der Waals surface area contributed by atoms with E-state index in [4.69, 9.17) is 29.1 Å². The fraction of sp³-hybridized carbons (Fsp3) is 0.167. The number of carbonyl (C=O) groups is 2. The van der Waals surface area contributed by atoms with Crippen LogP contribution >= 0.6 is 0 Å².